The zero-order valence-electron chi connectivity index (χ0n) is 16.9. The molecule has 8 heteroatoms. The second-order valence-corrected chi connectivity index (χ2v) is 7.28. The number of carbonyl (C=O) groups is 1. The van der Waals surface area contributed by atoms with E-state index in [1.807, 2.05) is 55.5 Å². The van der Waals surface area contributed by atoms with Crippen molar-refractivity contribution in [3.05, 3.63) is 66.4 Å². The minimum absolute atomic E-state index is 0.126. The van der Waals surface area contributed by atoms with E-state index in [9.17, 15) is 4.79 Å². The molecular formula is C23H21N5O3. The Morgan fingerprint density at radius 1 is 1.06 bits per heavy atom. The lowest BCUT2D eigenvalue weighted by molar-refractivity contribution is 0.171. The van der Waals surface area contributed by atoms with E-state index < -0.39 is 0 Å². The Balaban J connectivity index is 1.33. The lowest BCUT2D eigenvalue weighted by Gasteiger charge is -2.18. The van der Waals surface area contributed by atoms with Gasteiger partial charge in [0.05, 0.1) is 11.6 Å². The number of urea groups is 1. The molecule has 3 heterocycles. The van der Waals surface area contributed by atoms with Crippen molar-refractivity contribution in [2.45, 2.75) is 13.0 Å². The van der Waals surface area contributed by atoms with Gasteiger partial charge in [-0.1, -0.05) is 30.3 Å². The van der Waals surface area contributed by atoms with Gasteiger partial charge in [0.1, 0.15) is 24.7 Å². The molecule has 0 unspecified atom stereocenters. The molecule has 31 heavy (non-hydrogen) atoms. The number of aromatic amines is 1. The molecule has 0 aliphatic carbocycles. The number of nitrogens with one attached hydrogen (secondary N) is 3. The fraction of sp³-hybridized carbons (Fsp3) is 0.174. The summed E-state index contributed by atoms with van der Waals surface area (Å²) in [4.78, 5) is 16.8. The molecule has 4 aromatic rings. The molecule has 3 N–H and O–H groups in total. The van der Waals surface area contributed by atoms with Crippen molar-refractivity contribution in [3.8, 4) is 22.8 Å². The Labute approximate surface area is 178 Å². The molecule has 2 aromatic heterocycles. The molecule has 0 spiro atoms. The highest BCUT2D eigenvalue weighted by molar-refractivity contribution is 5.96. The third-order valence-electron chi connectivity index (χ3n) is 5.15. The van der Waals surface area contributed by atoms with Gasteiger partial charge in [-0.2, -0.15) is 5.10 Å². The Kier molecular flexibility index (Phi) is 4.87. The van der Waals surface area contributed by atoms with Crippen LogP contribution in [0.4, 0.5) is 10.6 Å². The maximum atomic E-state index is 12.4. The van der Waals surface area contributed by atoms with E-state index in [1.165, 1.54) is 0 Å². The van der Waals surface area contributed by atoms with Crippen molar-refractivity contribution in [1.29, 1.82) is 0 Å². The first-order valence-corrected chi connectivity index (χ1v) is 10.0. The van der Waals surface area contributed by atoms with Gasteiger partial charge in [0.15, 0.2) is 11.5 Å². The molecule has 1 atom stereocenters. The predicted octanol–water partition coefficient (Wildman–Crippen LogP) is 4.28. The summed E-state index contributed by atoms with van der Waals surface area (Å²) in [6.07, 6.45) is 1.70. The summed E-state index contributed by atoms with van der Waals surface area (Å²) in [6.45, 7) is 3.01. The van der Waals surface area contributed by atoms with Crippen LogP contribution in [-0.2, 0) is 0 Å². The van der Waals surface area contributed by atoms with Crippen molar-refractivity contribution in [2.75, 3.05) is 18.5 Å². The van der Waals surface area contributed by atoms with Crippen LogP contribution >= 0.6 is 0 Å². The Morgan fingerprint density at radius 3 is 2.71 bits per heavy atom. The molecule has 0 radical (unpaired) electrons. The molecule has 156 valence electrons. The van der Waals surface area contributed by atoms with E-state index in [-0.39, 0.29) is 12.1 Å². The summed E-state index contributed by atoms with van der Waals surface area (Å²) in [5.41, 5.74) is 3.45. The lowest BCUT2D eigenvalue weighted by atomic mass is 10.1. The quantitative estimate of drug-likeness (QED) is 0.462. The summed E-state index contributed by atoms with van der Waals surface area (Å²) >= 11 is 0. The Bertz CT molecular complexity index is 1240. The van der Waals surface area contributed by atoms with Crippen molar-refractivity contribution in [2.24, 2.45) is 0 Å². The lowest BCUT2D eigenvalue weighted by Crippen LogP contribution is -2.31. The van der Waals surface area contributed by atoms with Gasteiger partial charge >= 0.3 is 6.03 Å². The second-order valence-electron chi connectivity index (χ2n) is 7.28. The number of rotatable bonds is 4. The van der Waals surface area contributed by atoms with E-state index in [0.29, 0.717) is 24.8 Å². The molecular weight excluding hydrogens is 394 g/mol. The zero-order chi connectivity index (χ0) is 21.2. The number of H-pyrrole nitrogens is 1. The van der Waals surface area contributed by atoms with Crippen LogP contribution in [0.25, 0.3) is 22.2 Å². The fourth-order valence-electron chi connectivity index (χ4n) is 3.57. The van der Waals surface area contributed by atoms with Crippen molar-refractivity contribution in [3.63, 3.8) is 0 Å². The van der Waals surface area contributed by atoms with E-state index >= 15 is 0 Å². The standard InChI is InChI=1S/C23H21N5O3/c1-14(15-5-3-2-4-6-15)25-23(29)26-21-12-18-17(13-24-21)22(28-27-18)16-7-8-19-20(11-16)31-10-9-30-19/h2-8,11-14H,9-10H2,1H3,(H,27,28)(H2,24,25,26,29)/t14-/m1/s1. The third-order valence-corrected chi connectivity index (χ3v) is 5.15. The number of amides is 2. The number of hydrogen-bond donors (Lipinski definition) is 3. The van der Waals surface area contributed by atoms with Gasteiger partial charge in [-0.3, -0.25) is 10.4 Å². The van der Waals surface area contributed by atoms with Gasteiger partial charge in [-0.05, 0) is 30.7 Å². The van der Waals surface area contributed by atoms with Gasteiger partial charge < -0.3 is 14.8 Å². The highest BCUT2D eigenvalue weighted by Crippen LogP contribution is 2.36. The number of nitrogens with zero attached hydrogens (tertiary/aromatic N) is 2. The highest BCUT2D eigenvalue weighted by atomic mass is 16.6. The first-order chi connectivity index (χ1) is 15.2. The van der Waals surface area contributed by atoms with Crippen LogP contribution in [-0.4, -0.2) is 34.4 Å². The van der Waals surface area contributed by atoms with Crippen LogP contribution in [0.15, 0.2) is 60.8 Å². The van der Waals surface area contributed by atoms with E-state index in [1.54, 1.807) is 12.3 Å². The van der Waals surface area contributed by atoms with Gasteiger partial charge in [-0.25, -0.2) is 9.78 Å². The monoisotopic (exact) mass is 415 g/mol. The van der Waals surface area contributed by atoms with E-state index in [2.05, 4.69) is 25.8 Å². The second kappa shape index (κ2) is 7.98. The zero-order valence-corrected chi connectivity index (χ0v) is 16.9. The average molecular weight is 415 g/mol. The number of benzene rings is 2. The Hall–Kier alpha value is -4.07. The number of aromatic nitrogens is 3. The molecule has 8 nitrogen and oxygen atoms in total. The van der Waals surface area contributed by atoms with E-state index in [0.717, 1.165) is 33.5 Å². The van der Waals surface area contributed by atoms with E-state index in [4.69, 9.17) is 9.47 Å². The normalized spacial score (nSPS) is 13.6. The van der Waals surface area contributed by atoms with Crippen LogP contribution in [0.1, 0.15) is 18.5 Å². The maximum Gasteiger partial charge on any atom is 0.320 e. The number of ether oxygens (including phenoxy) is 2. The minimum atomic E-state index is -0.324. The van der Waals surface area contributed by atoms with Crippen LogP contribution in [0.3, 0.4) is 0 Å². The highest BCUT2D eigenvalue weighted by Gasteiger charge is 2.16. The fourth-order valence-corrected chi connectivity index (χ4v) is 3.57. The average Bonchev–Trinajstić information content (AvgIpc) is 3.22. The molecule has 5 rings (SSSR count). The largest absolute Gasteiger partial charge is 0.486 e. The summed E-state index contributed by atoms with van der Waals surface area (Å²) in [5.74, 6) is 1.87. The van der Waals surface area contributed by atoms with Gasteiger partial charge in [-0.15, -0.1) is 0 Å². The van der Waals surface area contributed by atoms with Crippen LogP contribution in [0, 0.1) is 0 Å². The van der Waals surface area contributed by atoms with Crippen LogP contribution in [0.2, 0.25) is 0 Å². The van der Waals surface area contributed by atoms with Gasteiger partial charge in [0.25, 0.3) is 0 Å². The topological polar surface area (TPSA) is 101 Å². The number of fused-ring (bicyclic) bond motifs is 2. The summed E-state index contributed by atoms with van der Waals surface area (Å²) in [6, 6.07) is 16.8. The van der Waals surface area contributed by atoms with Crippen molar-refractivity contribution in [1.82, 2.24) is 20.5 Å². The number of hydrogen-bond acceptors (Lipinski definition) is 5. The minimum Gasteiger partial charge on any atom is -0.486 e. The van der Waals surface area contributed by atoms with Gasteiger partial charge in [0, 0.05) is 23.2 Å². The summed E-state index contributed by atoms with van der Waals surface area (Å²) in [5, 5.41) is 14.0. The SMILES string of the molecule is C[C@@H](NC(=O)Nc1cc2[nH]nc(-c3ccc4c(c3)OCCO4)c2cn1)c1ccccc1. The molecule has 0 fully saturated rings. The summed E-state index contributed by atoms with van der Waals surface area (Å²) in [7, 11) is 0. The third kappa shape index (κ3) is 3.87. The predicted molar refractivity (Wildman–Crippen MR) is 117 cm³/mol. The number of carbonyl (C=O) groups excluding carboxylic acids is 1. The van der Waals surface area contributed by atoms with Crippen LogP contribution < -0.4 is 20.1 Å². The number of anilines is 1. The first-order valence-electron chi connectivity index (χ1n) is 10.0. The van der Waals surface area contributed by atoms with Crippen molar-refractivity contribution < 1.29 is 14.3 Å². The maximum absolute atomic E-state index is 12.4. The molecule has 1 aliphatic rings. The first kappa shape index (κ1) is 18.9. The van der Waals surface area contributed by atoms with Crippen LogP contribution in [0.5, 0.6) is 11.5 Å². The Morgan fingerprint density at radius 2 is 1.87 bits per heavy atom. The molecule has 0 bridgehead atoms. The number of pyridine rings is 1. The molecule has 2 amide bonds. The van der Waals surface area contributed by atoms with Gasteiger partial charge in [0.2, 0.25) is 0 Å². The smallest absolute Gasteiger partial charge is 0.320 e. The summed E-state index contributed by atoms with van der Waals surface area (Å²) < 4.78 is 11.2. The van der Waals surface area contributed by atoms with Crippen molar-refractivity contribution >= 4 is 22.8 Å². The molecule has 0 saturated carbocycles. The molecule has 0 saturated heterocycles. The molecule has 2 aromatic carbocycles. The molecule has 1 aliphatic heterocycles.